The van der Waals surface area contributed by atoms with E-state index in [4.69, 9.17) is 4.74 Å². The molecule has 0 atom stereocenters. The van der Waals surface area contributed by atoms with Crippen molar-refractivity contribution in [2.45, 2.75) is 39.3 Å². The zero-order valence-corrected chi connectivity index (χ0v) is 9.25. The third kappa shape index (κ3) is 2.87. The van der Waals surface area contributed by atoms with Crippen LogP contribution < -0.4 is 5.32 Å². The zero-order chi connectivity index (χ0) is 10.6. The second-order valence-electron chi connectivity index (χ2n) is 3.94. The van der Waals surface area contributed by atoms with Crippen LogP contribution in [-0.2, 0) is 4.74 Å². The minimum atomic E-state index is -0.173. The summed E-state index contributed by atoms with van der Waals surface area (Å²) >= 11 is 0. The Bertz CT molecular complexity index is 191. The molecule has 1 amide bonds. The third-order valence-electron chi connectivity index (χ3n) is 2.24. The lowest BCUT2D eigenvalue weighted by atomic mass is 10.1. The van der Waals surface area contributed by atoms with Crippen molar-refractivity contribution >= 4 is 6.09 Å². The number of nitrogens with zero attached hydrogens (tertiary/aromatic N) is 1. The first-order chi connectivity index (χ1) is 6.65. The molecular formula is C10H20N2O2. The van der Waals surface area contributed by atoms with Crippen molar-refractivity contribution < 1.29 is 9.53 Å². The van der Waals surface area contributed by atoms with E-state index in [9.17, 15) is 4.79 Å². The Hall–Kier alpha value is -0.770. The standard InChI is InChI=1S/C10H20N2O2/c1-4-5-12(9-6-11-7-9)10(13)14-8(2)3/h8-9,11H,4-7H2,1-3H3. The van der Waals surface area contributed by atoms with E-state index in [1.807, 2.05) is 18.7 Å². The van der Waals surface area contributed by atoms with E-state index < -0.39 is 0 Å². The second-order valence-corrected chi connectivity index (χ2v) is 3.94. The molecule has 1 heterocycles. The molecule has 4 nitrogen and oxygen atoms in total. The van der Waals surface area contributed by atoms with Gasteiger partial charge in [-0.15, -0.1) is 0 Å². The number of ether oxygens (including phenoxy) is 1. The Morgan fingerprint density at radius 1 is 1.57 bits per heavy atom. The molecule has 0 spiro atoms. The van der Waals surface area contributed by atoms with E-state index in [0.717, 1.165) is 26.1 Å². The van der Waals surface area contributed by atoms with Crippen LogP contribution in [0.15, 0.2) is 0 Å². The molecule has 0 radical (unpaired) electrons. The van der Waals surface area contributed by atoms with Gasteiger partial charge in [-0.3, -0.25) is 0 Å². The Labute approximate surface area is 85.6 Å². The molecule has 1 saturated heterocycles. The molecule has 0 bridgehead atoms. The van der Waals surface area contributed by atoms with Gasteiger partial charge in [0.05, 0.1) is 12.1 Å². The predicted molar refractivity (Wildman–Crippen MR) is 55.3 cm³/mol. The number of carbonyl (C=O) groups is 1. The highest BCUT2D eigenvalue weighted by atomic mass is 16.6. The molecule has 1 fully saturated rings. The highest BCUT2D eigenvalue weighted by Crippen LogP contribution is 2.09. The summed E-state index contributed by atoms with van der Waals surface area (Å²) in [6.07, 6.45) is 0.771. The van der Waals surface area contributed by atoms with Crippen LogP contribution in [0.5, 0.6) is 0 Å². The monoisotopic (exact) mass is 200 g/mol. The maximum absolute atomic E-state index is 11.7. The van der Waals surface area contributed by atoms with Crippen molar-refractivity contribution in [1.82, 2.24) is 10.2 Å². The van der Waals surface area contributed by atoms with Crippen LogP contribution in [0.1, 0.15) is 27.2 Å². The predicted octanol–water partition coefficient (Wildman–Crippen LogP) is 1.22. The normalized spacial score (nSPS) is 16.6. The third-order valence-corrected chi connectivity index (χ3v) is 2.24. The van der Waals surface area contributed by atoms with Crippen LogP contribution in [-0.4, -0.2) is 42.8 Å². The molecule has 1 N–H and O–H groups in total. The highest BCUT2D eigenvalue weighted by molar-refractivity contribution is 5.68. The number of hydrogen-bond acceptors (Lipinski definition) is 3. The Kier molecular flexibility index (Phi) is 4.20. The van der Waals surface area contributed by atoms with Gasteiger partial charge in [0, 0.05) is 19.6 Å². The lowest BCUT2D eigenvalue weighted by molar-refractivity contribution is 0.0534. The van der Waals surface area contributed by atoms with Crippen LogP contribution in [0.4, 0.5) is 4.79 Å². The largest absolute Gasteiger partial charge is 0.447 e. The van der Waals surface area contributed by atoms with E-state index in [1.54, 1.807) is 0 Å². The lowest BCUT2D eigenvalue weighted by Gasteiger charge is -2.37. The summed E-state index contributed by atoms with van der Waals surface area (Å²) < 4.78 is 5.18. The summed E-state index contributed by atoms with van der Waals surface area (Å²) in [5.74, 6) is 0. The van der Waals surface area contributed by atoms with Crippen LogP contribution in [0.3, 0.4) is 0 Å². The molecule has 1 aliphatic heterocycles. The molecule has 4 heteroatoms. The van der Waals surface area contributed by atoms with Crippen LogP contribution in [0, 0.1) is 0 Å². The minimum absolute atomic E-state index is 0.0325. The van der Waals surface area contributed by atoms with E-state index in [-0.39, 0.29) is 12.2 Å². The Morgan fingerprint density at radius 3 is 2.57 bits per heavy atom. The van der Waals surface area contributed by atoms with Gasteiger partial charge in [-0.1, -0.05) is 6.92 Å². The van der Waals surface area contributed by atoms with Gasteiger partial charge < -0.3 is 15.0 Å². The maximum atomic E-state index is 11.7. The molecule has 0 aromatic rings. The van der Waals surface area contributed by atoms with E-state index in [0.29, 0.717) is 6.04 Å². The summed E-state index contributed by atoms with van der Waals surface area (Å²) in [5.41, 5.74) is 0. The number of hydrogen-bond donors (Lipinski definition) is 1. The van der Waals surface area contributed by atoms with Crippen LogP contribution >= 0.6 is 0 Å². The minimum Gasteiger partial charge on any atom is -0.447 e. The SMILES string of the molecule is CCCN(C(=O)OC(C)C)C1CNC1. The summed E-state index contributed by atoms with van der Waals surface area (Å²) in [6, 6.07) is 0.334. The summed E-state index contributed by atoms with van der Waals surface area (Å²) in [6.45, 7) is 8.40. The van der Waals surface area contributed by atoms with Gasteiger partial charge in [0.15, 0.2) is 0 Å². The van der Waals surface area contributed by atoms with Crippen molar-refractivity contribution in [3.8, 4) is 0 Å². The second kappa shape index (κ2) is 5.20. The van der Waals surface area contributed by atoms with E-state index in [1.165, 1.54) is 0 Å². The Morgan fingerprint density at radius 2 is 2.21 bits per heavy atom. The molecule has 0 saturated carbocycles. The average Bonchev–Trinajstić information content (AvgIpc) is 1.98. The zero-order valence-electron chi connectivity index (χ0n) is 9.25. The van der Waals surface area contributed by atoms with Crippen molar-refractivity contribution in [2.75, 3.05) is 19.6 Å². The van der Waals surface area contributed by atoms with Gasteiger partial charge in [0.1, 0.15) is 0 Å². The molecule has 14 heavy (non-hydrogen) atoms. The Balaban J connectivity index is 2.43. The van der Waals surface area contributed by atoms with Gasteiger partial charge in [0.25, 0.3) is 0 Å². The van der Waals surface area contributed by atoms with E-state index >= 15 is 0 Å². The molecule has 0 aliphatic carbocycles. The molecule has 0 aromatic carbocycles. The number of nitrogens with one attached hydrogen (secondary N) is 1. The molecule has 0 unspecified atom stereocenters. The fourth-order valence-electron chi connectivity index (χ4n) is 1.43. The van der Waals surface area contributed by atoms with Crippen LogP contribution in [0.25, 0.3) is 0 Å². The molecular weight excluding hydrogens is 180 g/mol. The van der Waals surface area contributed by atoms with Crippen molar-refractivity contribution in [1.29, 1.82) is 0 Å². The molecule has 82 valence electrons. The van der Waals surface area contributed by atoms with Gasteiger partial charge in [-0.2, -0.15) is 0 Å². The first-order valence-corrected chi connectivity index (χ1v) is 5.33. The smallest absolute Gasteiger partial charge is 0.410 e. The summed E-state index contributed by atoms with van der Waals surface area (Å²) in [4.78, 5) is 13.5. The summed E-state index contributed by atoms with van der Waals surface area (Å²) in [5, 5.41) is 3.16. The van der Waals surface area contributed by atoms with Gasteiger partial charge in [-0.05, 0) is 20.3 Å². The number of amides is 1. The first kappa shape index (κ1) is 11.3. The summed E-state index contributed by atoms with van der Waals surface area (Å²) in [7, 11) is 0. The highest BCUT2D eigenvalue weighted by Gasteiger charge is 2.29. The van der Waals surface area contributed by atoms with Gasteiger partial charge in [-0.25, -0.2) is 4.79 Å². The molecule has 1 aliphatic rings. The maximum Gasteiger partial charge on any atom is 0.410 e. The lowest BCUT2D eigenvalue weighted by Crippen LogP contribution is -2.59. The topological polar surface area (TPSA) is 41.6 Å². The molecule has 0 aromatic heterocycles. The van der Waals surface area contributed by atoms with Crippen LogP contribution in [0.2, 0.25) is 0 Å². The van der Waals surface area contributed by atoms with Gasteiger partial charge in [0.2, 0.25) is 0 Å². The fraction of sp³-hybridized carbons (Fsp3) is 0.900. The van der Waals surface area contributed by atoms with Gasteiger partial charge >= 0.3 is 6.09 Å². The fourth-order valence-corrected chi connectivity index (χ4v) is 1.43. The molecule has 1 rings (SSSR count). The number of rotatable bonds is 4. The quantitative estimate of drug-likeness (QED) is 0.741. The van der Waals surface area contributed by atoms with Crippen molar-refractivity contribution in [2.24, 2.45) is 0 Å². The van der Waals surface area contributed by atoms with Crippen molar-refractivity contribution in [3.05, 3.63) is 0 Å². The first-order valence-electron chi connectivity index (χ1n) is 5.33. The average molecular weight is 200 g/mol. The van der Waals surface area contributed by atoms with E-state index in [2.05, 4.69) is 12.2 Å². The number of carbonyl (C=O) groups excluding carboxylic acids is 1. The van der Waals surface area contributed by atoms with Crippen molar-refractivity contribution in [3.63, 3.8) is 0 Å².